The molecule has 138 valence electrons. The summed E-state index contributed by atoms with van der Waals surface area (Å²) in [5.41, 5.74) is 0.961. The Hall–Kier alpha value is -2.06. The molecule has 1 aliphatic rings. The molecule has 2 amide bonds. The van der Waals surface area contributed by atoms with Gasteiger partial charge < -0.3 is 10.4 Å². The summed E-state index contributed by atoms with van der Waals surface area (Å²) in [4.78, 5) is 26.3. The number of carbonyl (C=O) groups excluding carboxylic acids is 2. The maximum absolute atomic E-state index is 12.6. The van der Waals surface area contributed by atoms with Gasteiger partial charge in [0.15, 0.2) is 0 Å². The molecule has 0 unspecified atom stereocenters. The summed E-state index contributed by atoms with van der Waals surface area (Å²) in [7, 11) is 0. The molecule has 2 N–H and O–H groups in total. The Bertz CT molecular complexity index is 962. The molecule has 2 aromatic carbocycles. The molecule has 27 heavy (non-hydrogen) atoms. The number of amides is 2. The smallest absolute Gasteiger partial charge is 0.266 e. The van der Waals surface area contributed by atoms with Crippen molar-refractivity contribution in [2.75, 3.05) is 11.9 Å². The van der Waals surface area contributed by atoms with E-state index in [1.807, 2.05) is 0 Å². The predicted octanol–water partition coefficient (Wildman–Crippen LogP) is 4.54. The van der Waals surface area contributed by atoms with Crippen molar-refractivity contribution in [1.29, 1.82) is 0 Å². The lowest BCUT2D eigenvalue weighted by Gasteiger charge is -2.14. The summed E-state index contributed by atoms with van der Waals surface area (Å²) in [5, 5.41) is 13.6. The Morgan fingerprint density at radius 3 is 2.56 bits per heavy atom. The average molecular weight is 439 g/mol. The number of hydrogen-bond acceptors (Lipinski definition) is 5. The van der Waals surface area contributed by atoms with Crippen molar-refractivity contribution < 1.29 is 14.7 Å². The van der Waals surface area contributed by atoms with Crippen LogP contribution in [0.5, 0.6) is 5.75 Å². The third-order valence-corrected chi connectivity index (χ3v) is 5.44. The minimum absolute atomic E-state index is 0.00912. The van der Waals surface area contributed by atoms with Crippen LogP contribution in [-0.2, 0) is 9.59 Å². The fraction of sp³-hybridized carbons (Fsp3) is 0.0556. The van der Waals surface area contributed by atoms with Gasteiger partial charge in [-0.3, -0.25) is 14.5 Å². The van der Waals surface area contributed by atoms with Crippen LogP contribution in [0, 0.1) is 0 Å². The number of nitrogens with one attached hydrogen (secondary N) is 1. The van der Waals surface area contributed by atoms with Crippen LogP contribution in [0.1, 0.15) is 5.56 Å². The van der Waals surface area contributed by atoms with E-state index in [0.717, 1.165) is 11.8 Å². The molecule has 9 heteroatoms. The van der Waals surface area contributed by atoms with Gasteiger partial charge in [-0.15, -0.1) is 0 Å². The first-order chi connectivity index (χ1) is 12.8. The molecule has 0 aromatic heterocycles. The molecule has 0 saturated carbocycles. The van der Waals surface area contributed by atoms with E-state index in [1.54, 1.807) is 30.3 Å². The number of phenols is 1. The van der Waals surface area contributed by atoms with Crippen LogP contribution in [0.2, 0.25) is 10.0 Å². The molecule has 1 saturated heterocycles. The summed E-state index contributed by atoms with van der Waals surface area (Å²) in [6.45, 7) is -0.216. The number of thioether (sulfide) groups is 1. The first-order valence-corrected chi connectivity index (χ1v) is 9.61. The van der Waals surface area contributed by atoms with E-state index in [-0.39, 0.29) is 22.5 Å². The number of carbonyl (C=O) groups is 2. The second-order valence-electron chi connectivity index (χ2n) is 5.53. The van der Waals surface area contributed by atoms with Crippen molar-refractivity contribution in [2.45, 2.75) is 0 Å². The van der Waals surface area contributed by atoms with Gasteiger partial charge in [-0.2, -0.15) is 0 Å². The van der Waals surface area contributed by atoms with Gasteiger partial charge in [0.1, 0.15) is 16.6 Å². The Balaban J connectivity index is 1.72. The summed E-state index contributed by atoms with van der Waals surface area (Å²) >= 11 is 18.0. The normalized spacial score (nSPS) is 15.5. The fourth-order valence-electron chi connectivity index (χ4n) is 2.30. The molecular formula is C18H12Cl2N2O3S2. The molecule has 3 rings (SSSR count). The monoisotopic (exact) mass is 438 g/mol. The summed E-state index contributed by atoms with van der Waals surface area (Å²) in [5.74, 6) is -0.804. The molecule has 0 spiro atoms. The van der Waals surface area contributed by atoms with Crippen LogP contribution < -0.4 is 5.32 Å². The number of nitrogens with zero attached hydrogens (tertiary/aromatic N) is 1. The van der Waals surface area contributed by atoms with Gasteiger partial charge in [0.2, 0.25) is 5.91 Å². The van der Waals surface area contributed by atoms with Gasteiger partial charge in [-0.1, -0.05) is 47.2 Å². The lowest BCUT2D eigenvalue weighted by molar-refractivity contribution is -0.126. The van der Waals surface area contributed by atoms with Gasteiger partial charge in [-0.25, -0.2) is 0 Å². The van der Waals surface area contributed by atoms with Crippen LogP contribution >= 0.6 is 47.2 Å². The van der Waals surface area contributed by atoms with E-state index in [0.29, 0.717) is 26.2 Å². The van der Waals surface area contributed by atoms with Crippen LogP contribution in [-0.4, -0.2) is 32.7 Å². The van der Waals surface area contributed by atoms with E-state index < -0.39 is 5.91 Å². The van der Waals surface area contributed by atoms with E-state index in [2.05, 4.69) is 5.32 Å². The quantitative estimate of drug-likeness (QED) is 0.541. The highest BCUT2D eigenvalue weighted by molar-refractivity contribution is 8.26. The minimum atomic E-state index is -0.407. The molecule has 0 bridgehead atoms. The zero-order valence-corrected chi connectivity index (χ0v) is 16.8. The zero-order chi connectivity index (χ0) is 19.6. The Kier molecular flexibility index (Phi) is 6.06. The maximum atomic E-state index is 12.6. The number of thiocarbonyl (C=S) groups is 1. The van der Waals surface area contributed by atoms with E-state index in [4.69, 9.17) is 35.4 Å². The molecule has 0 aliphatic carbocycles. The predicted molar refractivity (Wildman–Crippen MR) is 113 cm³/mol. The summed E-state index contributed by atoms with van der Waals surface area (Å²) < 4.78 is 0.263. The maximum Gasteiger partial charge on any atom is 0.266 e. The highest BCUT2D eigenvalue weighted by atomic mass is 35.5. The third kappa shape index (κ3) is 4.81. The highest BCUT2D eigenvalue weighted by Gasteiger charge is 2.33. The number of benzene rings is 2. The number of hydrogen-bond donors (Lipinski definition) is 2. The number of aromatic hydroxyl groups is 1. The van der Waals surface area contributed by atoms with Gasteiger partial charge in [0, 0.05) is 21.3 Å². The first kappa shape index (κ1) is 19.7. The van der Waals surface area contributed by atoms with Crippen molar-refractivity contribution in [3.05, 3.63) is 63.0 Å². The molecule has 1 heterocycles. The van der Waals surface area contributed by atoms with Gasteiger partial charge in [-0.05, 0) is 48.5 Å². The number of rotatable bonds is 4. The lowest BCUT2D eigenvalue weighted by atomic mass is 10.2. The van der Waals surface area contributed by atoms with Crippen molar-refractivity contribution in [1.82, 2.24) is 4.90 Å². The molecule has 0 radical (unpaired) electrons. The van der Waals surface area contributed by atoms with Gasteiger partial charge in [0.05, 0.1) is 4.91 Å². The number of halogens is 2. The average Bonchev–Trinajstić information content (AvgIpc) is 2.87. The topological polar surface area (TPSA) is 69.6 Å². The fourth-order valence-corrected chi connectivity index (χ4v) is 3.85. The highest BCUT2D eigenvalue weighted by Crippen LogP contribution is 2.34. The van der Waals surface area contributed by atoms with E-state index in [9.17, 15) is 14.7 Å². The van der Waals surface area contributed by atoms with Crippen molar-refractivity contribution in [2.24, 2.45) is 0 Å². The summed E-state index contributed by atoms with van der Waals surface area (Å²) in [6, 6.07) is 11.1. The van der Waals surface area contributed by atoms with E-state index >= 15 is 0 Å². The summed E-state index contributed by atoms with van der Waals surface area (Å²) in [6.07, 6.45) is 1.50. The molecular weight excluding hydrogens is 427 g/mol. The van der Waals surface area contributed by atoms with E-state index in [1.165, 1.54) is 23.1 Å². The van der Waals surface area contributed by atoms with Crippen molar-refractivity contribution in [3.8, 4) is 5.75 Å². The number of anilines is 1. The largest absolute Gasteiger partial charge is 0.507 e. The SMILES string of the molecule is O=C(CN1C(=O)/C(=C/c2cc(Cl)ccc2O)SC1=S)Nc1ccc(Cl)cc1. The first-order valence-electron chi connectivity index (χ1n) is 7.63. The van der Waals surface area contributed by atoms with Crippen LogP contribution in [0.15, 0.2) is 47.4 Å². The molecule has 5 nitrogen and oxygen atoms in total. The Morgan fingerprint density at radius 1 is 1.19 bits per heavy atom. The van der Waals surface area contributed by atoms with Gasteiger partial charge >= 0.3 is 0 Å². The van der Waals surface area contributed by atoms with Crippen molar-refractivity contribution in [3.63, 3.8) is 0 Å². The van der Waals surface area contributed by atoms with Crippen LogP contribution in [0.3, 0.4) is 0 Å². The molecule has 1 aliphatic heterocycles. The van der Waals surface area contributed by atoms with Crippen molar-refractivity contribution >= 4 is 75.1 Å². The Morgan fingerprint density at radius 2 is 1.85 bits per heavy atom. The molecule has 0 atom stereocenters. The zero-order valence-electron chi connectivity index (χ0n) is 13.6. The number of phenolic OH excluding ortho intramolecular Hbond substituents is 1. The minimum Gasteiger partial charge on any atom is -0.507 e. The van der Waals surface area contributed by atoms with Crippen LogP contribution in [0.4, 0.5) is 5.69 Å². The molecule has 2 aromatic rings. The lowest BCUT2D eigenvalue weighted by Crippen LogP contribution is -2.36. The molecule has 1 fully saturated rings. The van der Waals surface area contributed by atoms with Gasteiger partial charge in [0.25, 0.3) is 5.91 Å². The second-order valence-corrected chi connectivity index (χ2v) is 8.07. The standard InChI is InChI=1S/C18H12Cl2N2O3S2/c19-11-1-4-13(5-2-11)21-16(24)9-22-17(25)15(27-18(22)26)8-10-7-12(20)3-6-14(10)23/h1-8,23H,9H2,(H,21,24)/b15-8-. The second kappa shape index (κ2) is 8.31. The third-order valence-electron chi connectivity index (χ3n) is 3.58. The Labute approximate surface area is 174 Å². The van der Waals surface area contributed by atoms with Crippen LogP contribution in [0.25, 0.3) is 6.08 Å².